The molecule has 1 heterocycles. The zero-order chi connectivity index (χ0) is 15.6. The molecule has 0 spiro atoms. The molecule has 1 aromatic rings. The summed E-state index contributed by atoms with van der Waals surface area (Å²) in [7, 11) is 0. The molecule has 0 aliphatic carbocycles. The van der Waals surface area contributed by atoms with E-state index < -0.39 is 24.1 Å². The average Bonchev–Trinajstić information content (AvgIpc) is 2.39. The van der Waals surface area contributed by atoms with Gasteiger partial charge >= 0.3 is 6.03 Å². The molecule has 0 bridgehead atoms. The van der Waals surface area contributed by atoms with Gasteiger partial charge in [-0.15, -0.1) is 0 Å². The Bertz CT molecular complexity index is 602. The van der Waals surface area contributed by atoms with Gasteiger partial charge in [0.05, 0.1) is 5.69 Å². The third kappa shape index (κ3) is 3.41. The highest BCUT2D eigenvalue weighted by Crippen LogP contribution is 2.32. The highest BCUT2D eigenvalue weighted by atomic mass is 16.5. The zero-order valence-electron chi connectivity index (χ0n) is 11.6. The SMILES string of the molecule is CC(NC(N)=O)C(=O)Nc1ccc2c(c1)NC(=O)C(C)O2. The standard InChI is InChI=1S/C13H16N4O4/c1-6(15-13(14)20)11(18)16-8-3-4-10-9(5-8)17-12(19)7(2)21-10/h3-7H,1-2H3,(H,16,18)(H,17,19)(H3,14,15,20). The van der Waals surface area contributed by atoms with E-state index in [1.165, 1.54) is 6.92 Å². The van der Waals surface area contributed by atoms with Crippen LogP contribution in [-0.2, 0) is 9.59 Å². The van der Waals surface area contributed by atoms with Gasteiger partial charge in [0.1, 0.15) is 11.8 Å². The number of carbonyl (C=O) groups is 3. The number of hydrogen-bond donors (Lipinski definition) is 4. The Hall–Kier alpha value is -2.77. The van der Waals surface area contributed by atoms with Crippen molar-refractivity contribution in [1.82, 2.24) is 5.32 Å². The molecule has 4 amide bonds. The van der Waals surface area contributed by atoms with Crippen LogP contribution in [0.25, 0.3) is 0 Å². The third-order valence-corrected chi connectivity index (χ3v) is 2.93. The van der Waals surface area contributed by atoms with Crippen molar-refractivity contribution in [3.63, 3.8) is 0 Å². The lowest BCUT2D eigenvalue weighted by Crippen LogP contribution is -2.44. The number of anilines is 2. The smallest absolute Gasteiger partial charge is 0.312 e. The molecule has 112 valence electrons. The zero-order valence-corrected chi connectivity index (χ0v) is 11.6. The molecular weight excluding hydrogens is 276 g/mol. The van der Waals surface area contributed by atoms with Crippen LogP contribution in [-0.4, -0.2) is 30.0 Å². The number of urea groups is 1. The summed E-state index contributed by atoms with van der Waals surface area (Å²) < 4.78 is 5.41. The topological polar surface area (TPSA) is 123 Å². The molecule has 8 nitrogen and oxygen atoms in total. The third-order valence-electron chi connectivity index (χ3n) is 2.93. The molecule has 0 saturated heterocycles. The van der Waals surface area contributed by atoms with E-state index in [0.717, 1.165) is 0 Å². The van der Waals surface area contributed by atoms with Gasteiger partial charge in [-0.3, -0.25) is 9.59 Å². The van der Waals surface area contributed by atoms with E-state index in [2.05, 4.69) is 16.0 Å². The number of benzene rings is 1. The van der Waals surface area contributed by atoms with E-state index in [-0.39, 0.29) is 5.91 Å². The van der Waals surface area contributed by atoms with Gasteiger partial charge in [-0.1, -0.05) is 0 Å². The van der Waals surface area contributed by atoms with Gasteiger partial charge in [0.25, 0.3) is 5.91 Å². The number of nitrogens with one attached hydrogen (secondary N) is 3. The monoisotopic (exact) mass is 292 g/mol. The fourth-order valence-electron chi connectivity index (χ4n) is 1.82. The van der Waals surface area contributed by atoms with E-state index in [4.69, 9.17) is 10.5 Å². The maximum absolute atomic E-state index is 11.8. The van der Waals surface area contributed by atoms with Gasteiger partial charge in [0.15, 0.2) is 6.10 Å². The van der Waals surface area contributed by atoms with Crippen molar-refractivity contribution in [2.24, 2.45) is 5.73 Å². The largest absolute Gasteiger partial charge is 0.479 e. The highest BCUT2D eigenvalue weighted by molar-refractivity contribution is 6.00. The van der Waals surface area contributed by atoms with E-state index in [0.29, 0.717) is 17.1 Å². The van der Waals surface area contributed by atoms with E-state index in [1.54, 1.807) is 25.1 Å². The van der Waals surface area contributed by atoms with E-state index in [9.17, 15) is 14.4 Å². The van der Waals surface area contributed by atoms with Gasteiger partial charge in [0.2, 0.25) is 5.91 Å². The second kappa shape index (κ2) is 5.70. The van der Waals surface area contributed by atoms with E-state index in [1.807, 2.05) is 0 Å². The first-order chi connectivity index (χ1) is 9.86. The predicted molar refractivity (Wildman–Crippen MR) is 76.0 cm³/mol. The van der Waals surface area contributed by atoms with Crippen LogP contribution >= 0.6 is 0 Å². The number of hydrogen-bond acceptors (Lipinski definition) is 4. The van der Waals surface area contributed by atoms with Crippen molar-refractivity contribution in [1.29, 1.82) is 0 Å². The Labute approximate surface area is 121 Å². The second-order valence-corrected chi connectivity index (χ2v) is 4.68. The molecule has 0 aromatic heterocycles. The lowest BCUT2D eigenvalue weighted by Gasteiger charge is -2.24. The molecule has 1 aromatic carbocycles. The van der Waals surface area contributed by atoms with Crippen molar-refractivity contribution in [3.05, 3.63) is 18.2 Å². The summed E-state index contributed by atoms with van der Waals surface area (Å²) in [5.74, 6) is -0.150. The minimum atomic E-state index is -0.780. The summed E-state index contributed by atoms with van der Waals surface area (Å²) in [5.41, 5.74) is 5.90. The number of fused-ring (bicyclic) bond motifs is 1. The molecule has 1 aliphatic heterocycles. The lowest BCUT2D eigenvalue weighted by molar-refractivity contribution is -0.122. The van der Waals surface area contributed by atoms with Gasteiger partial charge in [0, 0.05) is 5.69 Å². The Morgan fingerprint density at radius 1 is 1.43 bits per heavy atom. The van der Waals surface area contributed by atoms with Crippen molar-refractivity contribution >= 4 is 29.2 Å². The number of carbonyl (C=O) groups excluding carboxylic acids is 3. The minimum absolute atomic E-state index is 0.255. The Kier molecular flexibility index (Phi) is 3.97. The molecule has 0 radical (unpaired) electrons. The molecule has 21 heavy (non-hydrogen) atoms. The number of amides is 4. The molecule has 0 saturated carbocycles. The molecule has 2 unspecified atom stereocenters. The minimum Gasteiger partial charge on any atom is -0.479 e. The van der Waals surface area contributed by atoms with Gasteiger partial charge in [-0.25, -0.2) is 4.79 Å². The van der Waals surface area contributed by atoms with Crippen LogP contribution < -0.4 is 26.4 Å². The Morgan fingerprint density at radius 3 is 2.81 bits per heavy atom. The Balaban J connectivity index is 2.09. The molecule has 1 aliphatic rings. The summed E-state index contributed by atoms with van der Waals surface area (Å²) >= 11 is 0. The van der Waals surface area contributed by atoms with Crippen molar-refractivity contribution < 1.29 is 19.1 Å². The molecule has 2 rings (SSSR count). The van der Waals surface area contributed by atoms with Crippen LogP contribution in [0.2, 0.25) is 0 Å². The van der Waals surface area contributed by atoms with Crippen LogP contribution in [0.15, 0.2) is 18.2 Å². The van der Waals surface area contributed by atoms with Gasteiger partial charge in [-0.2, -0.15) is 0 Å². The van der Waals surface area contributed by atoms with Crippen LogP contribution in [0.3, 0.4) is 0 Å². The predicted octanol–water partition coefficient (Wildman–Crippen LogP) is 0.401. The normalized spacial score (nSPS) is 17.8. The Morgan fingerprint density at radius 2 is 2.14 bits per heavy atom. The first kappa shape index (κ1) is 14.6. The maximum Gasteiger partial charge on any atom is 0.312 e. The molecule has 0 fully saturated rings. The summed E-state index contributed by atoms with van der Waals surface area (Å²) in [6.45, 7) is 3.15. The number of rotatable bonds is 3. The summed E-state index contributed by atoms with van der Waals surface area (Å²) in [6.07, 6.45) is -0.558. The van der Waals surface area contributed by atoms with Crippen LogP contribution in [0, 0.1) is 0 Å². The van der Waals surface area contributed by atoms with Gasteiger partial charge < -0.3 is 26.4 Å². The summed E-state index contributed by atoms with van der Waals surface area (Å²) in [5, 5.41) is 7.56. The van der Waals surface area contributed by atoms with Crippen LogP contribution in [0.5, 0.6) is 5.75 Å². The molecule has 8 heteroatoms. The maximum atomic E-state index is 11.8. The summed E-state index contributed by atoms with van der Waals surface area (Å²) in [4.78, 5) is 34.1. The van der Waals surface area contributed by atoms with Gasteiger partial charge in [-0.05, 0) is 32.0 Å². The fraction of sp³-hybridized carbons (Fsp3) is 0.308. The second-order valence-electron chi connectivity index (χ2n) is 4.68. The first-order valence-corrected chi connectivity index (χ1v) is 6.35. The number of ether oxygens (including phenoxy) is 1. The van der Waals surface area contributed by atoms with Crippen molar-refractivity contribution in [2.75, 3.05) is 10.6 Å². The van der Waals surface area contributed by atoms with Crippen LogP contribution in [0.4, 0.5) is 16.2 Å². The van der Waals surface area contributed by atoms with Crippen LogP contribution in [0.1, 0.15) is 13.8 Å². The summed E-state index contributed by atoms with van der Waals surface area (Å²) in [6, 6.07) is 3.31. The quantitative estimate of drug-likeness (QED) is 0.644. The van der Waals surface area contributed by atoms with Crippen molar-refractivity contribution in [2.45, 2.75) is 26.0 Å². The highest BCUT2D eigenvalue weighted by Gasteiger charge is 2.24. The number of nitrogens with two attached hydrogens (primary N) is 1. The fourth-order valence-corrected chi connectivity index (χ4v) is 1.82. The molecule has 5 N–H and O–H groups in total. The number of primary amides is 1. The molecular formula is C13H16N4O4. The average molecular weight is 292 g/mol. The molecule has 2 atom stereocenters. The van der Waals surface area contributed by atoms with Crippen molar-refractivity contribution in [3.8, 4) is 5.75 Å². The lowest BCUT2D eigenvalue weighted by atomic mass is 10.2. The van der Waals surface area contributed by atoms with E-state index >= 15 is 0 Å². The first-order valence-electron chi connectivity index (χ1n) is 6.35.